The SMILES string of the molecule is Fc1ccc(F)c(CNc2nc(Cl)ncc2Br)c1. The molecule has 1 heterocycles. The molecule has 0 unspecified atom stereocenters. The van der Waals surface area contributed by atoms with E-state index in [1.54, 1.807) is 0 Å². The van der Waals surface area contributed by atoms with E-state index in [1.165, 1.54) is 6.20 Å². The number of hydrogen-bond donors (Lipinski definition) is 1. The van der Waals surface area contributed by atoms with E-state index in [0.717, 1.165) is 18.2 Å². The van der Waals surface area contributed by atoms with Gasteiger partial charge in [0, 0.05) is 18.3 Å². The first-order chi connectivity index (χ1) is 8.56. The summed E-state index contributed by atoms with van der Waals surface area (Å²) >= 11 is 8.86. The molecule has 1 aromatic heterocycles. The van der Waals surface area contributed by atoms with Gasteiger partial charge >= 0.3 is 0 Å². The molecule has 0 saturated carbocycles. The van der Waals surface area contributed by atoms with Crippen LogP contribution in [0.25, 0.3) is 0 Å². The molecule has 0 fully saturated rings. The zero-order valence-electron chi connectivity index (χ0n) is 8.92. The quantitative estimate of drug-likeness (QED) is 0.868. The maximum absolute atomic E-state index is 13.4. The van der Waals surface area contributed by atoms with Crippen LogP contribution in [-0.2, 0) is 6.54 Å². The van der Waals surface area contributed by atoms with E-state index in [1.807, 2.05) is 0 Å². The van der Waals surface area contributed by atoms with Crippen LogP contribution < -0.4 is 5.32 Å². The second-order valence-electron chi connectivity index (χ2n) is 3.42. The highest BCUT2D eigenvalue weighted by Gasteiger charge is 2.07. The number of rotatable bonds is 3. The molecule has 0 aliphatic rings. The van der Waals surface area contributed by atoms with Crippen molar-refractivity contribution in [2.45, 2.75) is 6.54 Å². The lowest BCUT2D eigenvalue weighted by atomic mass is 10.2. The smallest absolute Gasteiger partial charge is 0.224 e. The molecule has 2 rings (SSSR count). The summed E-state index contributed by atoms with van der Waals surface area (Å²) < 4.78 is 26.9. The van der Waals surface area contributed by atoms with Gasteiger partial charge in [-0.05, 0) is 45.7 Å². The van der Waals surface area contributed by atoms with Crippen molar-refractivity contribution >= 4 is 33.3 Å². The van der Waals surface area contributed by atoms with Crippen LogP contribution in [0.5, 0.6) is 0 Å². The lowest BCUT2D eigenvalue weighted by Gasteiger charge is -2.08. The van der Waals surface area contributed by atoms with Gasteiger partial charge in [0.05, 0.1) is 4.47 Å². The minimum absolute atomic E-state index is 0.0698. The average molecular weight is 335 g/mol. The third kappa shape index (κ3) is 3.14. The molecule has 3 nitrogen and oxygen atoms in total. The number of anilines is 1. The predicted molar refractivity (Wildman–Crippen MR) is 68.4 cm³/mol. The van der Waals surface area contributed by atoms with E-state index in [2.05, 4.69) is 31.2 Å². The molecule has 0 saturated heterocycles. The Morgan fingerprint density at radius 2 is 2.11 bits per heavy atom. The maximum atomic E-state index is 13.4. The summed E-state index contributed by atoms with van der Waals surface area (Å²) in [6.07, 6.45) is 1.47. The second-order valence-corrected chi connectivity index (χ2v) is 4.62. The minimum atomic E-state index is -0.493. The molecule has 0 aliphatic heterocycles. The number of nitrogens with zero attached hydrogens (tertiary/aromatic N) is 2. The van der Waals surface area contributed by atoms with Gasteiger partial charge in [-0.1, -0.05) is 0 Å². The monoisotopic (exact) mass is 333 g/mol. The molecule has 0 amide bonds. The highest BCUT2D eigenvalue weighted by molar-refractivity contribution is 9.10. The largest absolute Gasteiger partial charge is 0.365 e. The maximum Gasteiger partial charge on any atom is 0.224 e. The van der Waals surface area contributed by atoms with Crippen molar-refractivity contribution in [1.82, 2.24) is 9.97 Å². The van der Waals surface area contributed by atoms with Crippen molar-refractivity contribution in [3.8, 4) is 0 Å². The molecular formula is C11H7BrClF2N3. The van der Waals surface area contributed by atoms with Crippen LogP contribution in [0.3, 0.4) is 0 Å². The van der Waals surface area contributed by atoms with Gasteiger partial charge in [-0.15, -0.1) is 0 Å². The number of aromatic nitrogens is 2. The van der Waals surface area contributed by atoms with Gasteiger partial charge in [-0.25, -0.2) is 13.8 Å². The van der Waals surface area contributed by atoms with Crippen molar-refractivity contribution in [2.24, 2.45) is 0 Å². The Hall–Kier alpha value is -1.27. The first kappa shape index (κ1) is 13.2. The minimum Gasteiger partial charge on any atom is -0.365 e. The fourth-order valence-corrected chi connectivity index (χ4v) is 1.79. The number of hydrogen-bond acceptors (Lipinski definition) is 3. The Balaban J connectivity index is 2.16. The first-order valence-electron chi connectivity index (χ1n) is 4.92. The summed E-state index contributed by atoms with van der Waals surface area (Å²) in [5, 5.41) is 2.92. The molecular weight excluding hydrogens is 327 g/mol. The molecule has 2 aromatic rings. The summed E-state index contributed by atoms with van der Waals surface area (Å²) in [7, 11) is 0. The summed E-state index contributed by atoms with van der Waals surface area (Å²) in [6, 6.07) is 3.27. The lowest BCUT2D eigenvalue weighted by Crippen LogP contribution is -2.05. The van der Waals surface area contributed by atoms with Crippen LogP contribution in [0.15, 0.2) is 28.9 Å². The number of benzene rings is 1. The van der Waals surface area contributed by atoms with E-state index in [9.17, 15) is 8.78 Å². The fraction of sp³-hybridized carbons (Fsp3) is 0.0909. The second kappa shape index (κ2) is 5.58. The van der Waals surface area contributed by atoms with Crippen molar-refractivity contribution in [3.05, 3.63) is 51.4 Å². The standard InChI is InChI=1S/C11H7BrClF2N3/c12-8-5-17-11(13)18-10(8)16-4-6-3-7(14)1-2-9(6)15/h1-3,5H,4H2,(H,16,17,18). The predicted octanol–water partition coefficient (Wildman–Crippen LogP) is 3.78. The highest BCUT2D eigenvalue weighted by atomic mass is 79.9. The Bertz CT molecular complexity index is 529. The molecule has 0 bridgehead atoms. The molecule has 1 aromatic carbocycles. The summed E-state index contributed by atoms with van der Waals surface area (Å²) in [5.41, 5.74) is 0.205. The van der Waals surface area contributed by atoms with E-state index in [4.69, 9.17) is 11.6 Å². The van der Waals surface area contributed by atoms with Gasteiger partial charge in [0.2, 0.25) is 5.28 Å². The number of nitrogens with one attached hydrogen (secondary N) is 1. The molecule has 0 aliphatic carbocycles. The van der Waals surface area contributed by atoms with Gasteiger partial charge < -0.3 is 5.32 Å². The van der Waals surface area contributed by atoms with Crippen molar-refractivity contribution in [1.29, 1.82) is 0 Å². The topological polar surface area (TPSA) is 37.8 Å². The van der Waals surface area contributed by atoms with Crippen LogP contribution in [0.2, 0.25) is 5.28 Å². The van der Waals surface area contributed by atoms with Crippen molar-refractivity contribution < 1.29 is 8.78 Å². The van der Waals surface area contributed by atoms with Crippen molar-refractivity contribution in [3.63, 3.8) is 0 Å². The van der Waals surface area contributed by atoms with Crippen LogP contribution in [0.4, 0.5) is 14.6 Å². The Morgan fingerprint density at radius 1 is 1.33 bits per heavy atom. The van der Waals surface area contributed by atoms with E-state index < -0.39 is 11.6 Å². The third-order valence-corrected chi connectivity index (χ3v) is 2.93. The molecule has 0 spiro atoms. The van der Waals surface area contributed by atoms with Gasteiger partial charge in [-0.2, -0.15) is 4.98 Å². The first-order valence-corrected chi connectivity index (χ1v) is 6.09. The highest BCUT2D eigenvalue weighted by Crippen LogP contribution is 2.21. The fourth-order valence-electron chi connectivity index (χ4n) is 1.33. The normalized spacial score (nSPS) is 10.4. The Kier molecular flexibility index (Phi) is 4.08. The Morgan fingerprint density at radius 3 is 2.89 bits per heavy atom. The molecule has 1 N–H and O–H groups in total. The number of halogens is 4. The van der Waals surface area contributed by atoms with E-state index in [-0.39, 0.29) is 17.4 Å². The molecule has 7 heteroatoms. The van der Waals surface area contributed by atoms with E-state index >= 15 is 0 Å². The molecule has 94 valence electrons. The van der Waals surface area contributed by atoms with Crippen LogP contribution in [0.1, 0.15) is 5.56 Å². The summed E-state index contributed by atoms with van der Waals surface area (Å²) in [6.45, 7) is 0.0928. The molecule has 18 heavy (non-hydrogen) atoms. The zero-order chi connectivity index (χ0) is 13.1. The summed E-state index contributed by atoms with van der Waals surface area (Å²) in [4.78, 5) is 7.68. The van der Waals surface area contributed by atoms with Crippen molar-refractivity contribution in [2.75, 3.05) is 5.32 Å². The lowest BCUT2D eigenvalue weighted by molar-refractivity contribution is 0.587. The van der Waals surface area contributed by atoms with Crippen LogP contribution >= 0.6 is 27.5 Å². The van der Waals surface area contributed by atoms with Crippen LogP contribution in [-0.4, -0.2) is 9.97 Å². The van der Waals surface area contributed by atoms with Crippen LogP contribution in [0, 0.1) is 11.6 Å². The molecule has 0 radical (unpaired) electrons. The van der Waals surface area contributed by atoms with Gasteiger partial charge in [0.15, 0.2) is 0 Å². The van der Waals surface area contributed by atoms with Gasteiger partial charge in [-0.3, -0.25) is 0 Å². The average Bonchev–Trinajstić information content (AvgIpc) is 2.34. The zero-order valence-corrected chi connectivity index (χ0v) is 11.3. The Labute approximate surface area is 115 Å². The molecule has 0 atom stereocenters. The van der Waals surface area contributed by atoms with Gasteiger partial charge in [0.1, 0.15) is 17.5 Å². The summed E-state index contributed by atoms with van der Waals surface area (Å²) in [5.74, 6) is -0.563. The van der Waals surface area contributed by atoms with Gasteiger partial charge in [0.25, 0.3) is 0 Å². The third-order valence-electron chi connectivity index (χ3n) is 2.17. The van der Waals surface area contributed by atoms with E-state index in [0.29, 0.717) is 10.3 Å².